The van der Waals surface area contributed by atoms with E-state index in [0.29, 0.717) is 27.1 Å². The first-order valence-electron chi connectivity index (χ1n) is 3.78. The van der Waals surface area contributed by atoms with Crippen molar-refractivity contribution in [2.24, 2.45) is 0 Å². The van der Waals surface area contributed by atoms with Crippen molar-refractivity contribution >= 4 is 28.9 Å². The molecule has 0 spiro atoms. The molecule has 2 rings (SSSR count). The van der Waals surface area contributed by atoms with Gasteiger partial charge in [0.15, 0.2) is 0 Å². The number of anilines is 1. The molecule has 3 N–H and O–H groups in total. The number of rotatable bonds is 1. The van der Waals surface area contributed by atoms with E-state index in [1.165, 1.54) is 6.20 Å². The molecule has 0 amide bonds. The number of nitrogen functional groups attached to an aromatic ring is 1. The summed E-state index contributed by atoms with van der Waals surface area (Å²) in [4.78, 5) is 3.91. The van der Waals surface area contributed by atoms with E-state index in [1.807, 2.05) is 0 Å². The lowest BCUT2D eigenvalue weighted by Crippen LogP contribution is -1.88. The second kappa shape index (κ2) is 3.48. The van der Waals surface area contributed by atoms with Crippen molar-refractivity contribution in [2.75, 3.05) is 5.73 Å². The monoisotopic (exact) mass is 228 g/mol. The van der Waals surface area contributed by atoms with Crippen molar-refractivity contribution in [2.45, 2.75) is 0 Å². The molecule has 0 aliphatic rings. The SMILES string of the molecule is Nc1cn[nH]c1-c1cnc(Cl)cc1Cl. The Hall–Kier alpha value is -1.26. The quantitative estimate of drug-likeness (QED) is 0.737. The normalized spacial score (nSPS) is 10.4. The Kier molecular flexibility index (Phi) is 2.31. The van der Waals surface area contributed by atoms with Crippen LogP contribution in [0.2, 0.25) is 10.2 Å². The molecule has 0 aliphatic heterocycles. The summed E-state index contributed by atoms with van der Waals surface area (Å²) >= 11 is 11.6. The van der Waals surface area contributed by atoms with Gasteiger partial charge >= 0.3 is 0 Å². The molecule has 6 heteroatoms. The molecule has 2 aromatic rings. The average molecular weight is 229 g/mol. The van der Waals surface area contributed by atoms with Gasteiger partial charge in [0.1, 0.15) is 5.15 Å². The van der Waals surface area contributed by atoms with Crippen molar-refractivity contribution in [3.8, 4) is 11.3 Å². The lowest BCUT2D eigenvalue weighted by molar-refractivity contribution is 1.09. The highest BCUT2D eigenvalue weighted by Gasteiger charge is 2.09. The fourth-order valence-electron chi connectivity index (χ4n) is 1.10. The van der Waals surface area contributed by atoms with Gasteiger partial charge in [-0.2, -0.15) is 5.10 Å². The van der Waals surface area contributed by atoms with Gasteiger partial charge in [0, 0.05) is 11.8 Å². The minimum Gasteiger partial charge on any atom is -0.396 e. The van der Waals surface area contributed by atoms with Crippen molar-refractivity contribution in [3.63, 3.8) is 0 Å². The zero-order valence-electron chi connectivity index (χ0n) is 6.96. The van der Waals surface area contributed by atoms with Gasteiger partial charge in [-0.15, -0.1) is 0 Å². The van der Waals surface area contributed by atoms with E-state index in [2.05, 4.69) is 15.2 Å². The number of nitrogens with zero attached hydrogens (tertiary/aromatic N) is 2. The van der Waals surface area contributed by atoms with Gasteiger partial charge in [0.2, 0.25) is 0 Å². The number of H-pyrrole nitrogens is 1. The summed E-state index contributed by atoms with van der Waals surface area (Å²) in [5, 5.41) is 7.36. The Labute approximate surface area is 90.1 Å². The predicted molar refractivity (Wildman–Crippen MR) is 56.3 cm³/mol. The lowest BCUT2D eigenvalue weighted by atomic mass is 10.2. The number of hydrogen-bond acceptors (Lipinski definition) is 3. The maximum atomic E-state index is 5.97. The van der Waals surface area contributed by atoms with Crippen LogP contribution < -0.4 is 5.73 Å². The summed E-state index contributed by atoms with van der Waals surface area (Å²) in [5.41, 5.74) is 7.53. The summed E-state index contributed by atoms with van der Waals surface area (Å²) in [7, 11) is 0. The van der Waals surface area contributed by atoms with Gasteiger partial charge in [-0.3, -0.25) is 5.10 Å². The van der Waals surface area contributed by atoms with Crippen LogP contribution in [0.15, 0.2) is 18.5 Å². The minimum absolute atomic E-state index is 0.344. The van der Waals surface area contributed by atoms with Gasteiger partial charge in [0.05, 0.1) is 22.6 Å². The highest BCUT2D eigenvalue weighted by Crippen LogP contribution is 2.30. The number of nitrogens with two attached hydrogens (primary N) is 1. The number of pyridine rings is 1. The van der Waals surface area contributed by atoms with Crippen LogP contribution in [-0.2, 0) is 0 Å². The zero-order chi connectivity index (χ0) is 10.1. The van der Waals surface area contributed by atoms with E-state index < -0.39 is 0 Å². The van der Waals surface area contributed by atoms with Crippen LogP contribution in [0, 0.1) is 0 Å². The van der Waals surface area contributed by atoms with Crippen LogP contribution in [0.3, 0.4) is 0 Å². The molecule has 0 saturated heterocycles. The van der Waals surface area contributed by atoms with E-state index in [0.717, 1.165) is 0 Å². The zero-order valence-corrected chi connectivity index (χ0v) is 8.47. The predicted octanol–water partition coefficient (Wildman–Crippen LogP) is 2.36. The highest BCUT2D eigenvalue weighted by atomic mass is 35.5. The molecule has 0 fully saturated rings. The topological polar surface area (TPSA) is 67.6 Å². The molecule has 0 atom stereocenters. The average Bonchev–Trinajstić information content (AvgIpc) is 2.52. The van der Waals surface area contributed by atoms with Crippen LogP contribution in [0.1, 0.15) is 0 Å². The summed E-state index contributed by atoms with van der Waals surface area (Å²) < 4.78 is 0. The van der Waals surface area contributed by atoms with Crippen molar-refractivity contribution in [1.29, 1.82) is 0 Å². The Morgan fingerprint density at radius 3 is 2.64 bits per heavy atom. The first-order valence-corrected chi connectivity index (χ1v) is 4.54. The van der Waals surface area contributed by atoms with E-state index in [-0.39, 0.29) is 0 Å². The third kappa shape index (κ3) is 1.54. The second-order valence-corrected chi connectivity index (χ2v) is 3.48. The largest absolute Gasteiger partial charge is 0.396 e. The third-order valence-electron chi connectivity index (χ3n) is 1.76. The Bertz CT molecular complexity index is 466. The molecule has 0 radical (unpaired) electrons. The van der Waals surface area contributed by atoms with Gasteiger partial charge < -0.3 is 5.73 Å². The van der Waals surface area contributed by atoms with Gasteiger partial charge in [0.25, 0.3) is 0 Å². The Morgan fingerprint density at radius 2 is 2.07 bits per heavy atom. The van der Waals surface area contributed by atoms with Gasteiger partial charge in [-0.1, -0.05) is 23.2 Å². The van der Waals surface area contributed by atoms with Crippen molar-refractivity contribution in [1.82, 2.24) is 15.2 Å². The first-order chi connectivity index (χ1) is 6.68. The van der Waals surface area contributed by atoms with E-state index in [1.54, 1.807) is 12.3 Å². The minimum atomic E-state index is 0.344. The summed E-state index contributed by atoms with van der Waals surface area (Å²) in [6.07, 6.45) is 3.06. The fraction of sp³-hybridized carbons (Fsp3) is 0. The van der Waals surface area contributed by atoms with E-state index >= 15 is 0 Å². The number of hydrogen-bond donors (Lipinski definition) is 2. The van der Waals surface area contributed by atoms with Crippen LogP contribution in [0.25, 0.3) is 11.3 Å². The van der Waals surface area contributed by atoms with Crippen molar-refractivity contribution in [3.05, 3.63) is 28.6 Å². The maximum Gasteiger partial charge on any atom is 0.130 e. The molecule has 2 heterocycles. The molecule has 0 unspecified atom stereocenters. The molecule has 2 aromatic heterocycles. The molecule has 72 valence electrons. The number of aromatic amines is 1. The van der Waals surface area contributed by atoms with Crippen molar-refractivity contribution < 1.29 is 0 Å². The number of halogens is 2. The smallest absolute Gasteiger partial charge is 0.130 e. The third-order valence-corrected chi connectivity index (χ3v) is 2.28. The standard InChI is InChI=1S/C8H6Cl2N4/c9-5-1-7(10)12-2-4(5)8-6(11)3-13-14-8/h1-3H,11H2,(H,13,14). The maximum absolute atomic E-state index is 5.97. The number of aromatic nitrogens is 3. The molecule has 0 aliphatic carbocycles. The van der Waals surface area contributed by atoms with E-state index in [9.17, 15) is 0 Å². The summed E-state index contributed by atoms with van der Waals surface area (Å²) in [6.45, 7) is 0. The molecule has 0 aromatic carbocycles. The van der Waals surface area contributed by atoms with Crippen LogP contribution in [-0.4, -0.2) is 15.2 Å². The molecule has 4 nitrogen and oxygen atoms in total. The highest BCUT2D eigenvalue weighted by molar-refractivity contribution is 6.35. The Balaban J connectivity index is 2.58. The number of nitrogens with one attached hydrogen (secondary N) is 1. The fourth-order valence-corrected chi connectivity index (χ4v) is 1.56. The van der Waals surface area contributed by atoms with Crippen LogP contribution in [0.5, 0.6) is 0 Å². The molecule has 0 saturated carbocycles. The van der Waals surface area contributed by atoms with Crippen LogP contribution >= 0.6 is 23.2 Å². The lowest BCUT2D eigenvalue weighted by Gasteiger charge is -2.01. The van der Waals surface area contributed by atoms with Gasteiger partial charge in [-0.25, -0.2) is 4.98 Å². The summed E-state index contributed by atoms with van der Waals surface area (Å²) in [6, 6.07) is 1.55. The second-order valence-electron chi connectivity index (χ2n) is 2.69. The molecular formula is C8H6Cl2N4. The first kappa shape index (κ1) is 9.30. The molecule has 0 bridgehead atoms. The Morgan fingerprint density at radius 1 is 1.29 bits per heavy atom. The molecule has 14 heavy (non-hydrogen) atoms. The molecular weight excluding hydrogens is 223 g/mol. The van der Waals surface area contributed by atoms with Crippen LogP contribution in [0.4, 0.5) is 5.69 Å². The summed E-state index contributed by atoms with van der Waals surface area (Å²) in [5.74, 6) is 0. The van der Waals surface area contributed by atoms with E-state index in [4.69, 9.17) is 28.9 Å². The van der Waals surface area contributed by atoms with Gasteiger partial charge in [-0.05, 0) is 6.07 Å².